The Labute approximate surface area is 94.5 Å². The van der Waals surface area contributed by atoms with Crippen molar-refractivity contribution in [2.45, 2.75) is 50.8 Å². The van der Waals surface area contributed by atoms with Gasteiger partial charge in [-0.25, -0.2) is 0 Å². The van der Waals surface area contributed by atoms with Crippen LogP contribution in [0.5, 0.6) is 0 Å². The number of aliphatic hydroxyl groups excluding tert-OH is 4. The molecule has 6 heteroatoms. The van der Waals surface area contributed by atoms with Crippen molar-refractivity contribution < 1.29 is 30.0 Å². The summed E-state index contributed by atoms with van der Waals surface area (Å²) in [4.78, 5) is 10.2. The van der Waals surface area contributed by atoms with Crippen LogP contribution in [0.1, 0.15) is 20.8 Å². The Morgan fingerprint density at radius 3 is 2.00 bits per heavy atom. The van der Waals surface area contributed by atoms with Crippen LogP contribution in [0.2, 0.25) is 0 Å². The molecule has 0 radical (unpaired) electrons. The van der Waals surface area contributed by atoms with Crippen LogP contribution in [-0.2, 0) is 9.53 Å². The summed E-state index contributed by atoms with van der Waals surface area (Å²) in [5, 5.41) is 37.0. The third-order valence-electron chi connectivity index (χ3n) is 1.92. The minimum absolute atomic E-state index is 0.0885. The van der Waals surface area contributed by atoms with E-state index in [9.17, 15) is 20.1 Å². The predicted molar refractivity (Wildman–Crippen MR) is 55.8 cm³/mol. The summed E-state index contributed by atoms with van der Waals surface area (Å²) >= 11 is 0. The number of ether oxygens (including phenoxy) is 1. The highest BCUT2D eigenvalue weighted by atomic mass is 16.5. The van der Waals surface area contributed by atoms with Gasteiger partial charge in [-0.05, 0) is 20.8 Å². The molecule has 4 N–H and O–H groups in total. The van der Waals surface area contributed by atoms with E-state index in [1.165, 1.54) is 0 Å². The molecule has 0 aliphatic heterocycles. The van der Waals surface area contributed by atoms with E-state index < -0.39 is 30.0 Å². The zero-order valence-electron chi connectivity index (χ0n) is 9.70. The first-order valence-electron chi connectivity index (χ1n) is 5.00. The Morgan fingerprint density at radius 1 is 1.12 bits per heavy atom. The molecule has 16 heavy (non-hydrogen) atoms. The van der Waals surface area contributed by atoms with Crippen molar-refractivity contribution in [1.29, 1.82) is 0 Å². The van der Waals surface area contributed by atoms with Crippen LogP contribution in [0.25, 0.3) is 0 Å². The SMILES string of the molecule is CC(C)(C)OCC(O)C(O)C(O)C(O)C=O. The van der Waals surface area contributed by atoms with Gasteiger partial charge in [0.05, 0.1) is 12.2 Å². The molecular formula is C10H20O6. The number of aldehydes is 1. The molecule has 4 unspecified atom stereocenters. The highest BCUT2D eigenvalue weighted by molar-refractivity contribution is 5.56. The Balaban J connectivity index is 4.17. The molecule has 0 rings (SSSR count). The van der Waals surface area contributed by atoms with Crippen LogP contribution < -0.4 is 0 Å². The van der Waals surface area contributed by atoms with Gasteiger partial charge in [0, 0.05) is 0 Å². The highest BCUT2D eigenvalue weighted by Gasteiger charge is 2.30. The Hall–Kier alpha value is -0.530. The van der Waals surface area contributed by atoms with Gasteiger partial charge in [0.2, 0.25) is 0 Å². The molecule has 6 nitrogen and oxygen atoms in total. The molecule has 0 aromatic rings. The molecule has 0 heterocycles. The fourth-order valence-corrected chi connectivity index (χ4v) is 0.944. The van der Waals surface area contributed by atoms with Gasteiger partial charge in [0.1, 0.15) is 24.4 Å². The van der Waals surface area contributed by atoms with Crippen LogP contribution in [-0.4, -0.2) is 63.3 Å². The number of carbonyl (C=O) groups is 1. The van der Waals surface area contributed by atoms with Crippen molar-refractivity contribution >= 4 is 6.29 Å². The molecule has 0 spiro atoms. The largest absolute Gasteiger partial charge is 0.388 e. The van der Waals surface area contributed by atoms with E-state index in [1.807, 2.05) is 0 Å². The third-order valence-corrected chi connectivity index (χ3v) is 1.92. The first kappa shape index (κ1) is 15.5. The molecule has 0 aromatic carbocycles. The minimum Gasteiger partial charge on any atom is -0.388 e. The maximum absolute atomic E-state index is 10.2. The molecule has 0 aliphatic carbocycles. The lowest BCUT2D eigenvalue weighted by atomic mass is 10.0. The van der Waals surface area contributed by atoms with Crippen LogP contribution in [0.15, 0.2) is 0 Å². The summed E-state index contributed by atoms with van der Waals surface area (Å²) in [6, 6.07) is 0. The van der Waals surface area contributed by atoms with Crippen molar-refractivity contribution in [3.05, 3.63) is 0 Å². The van der Waals surface area contributed by atoms with Crippen molar-refractivity contribution in [1.82, 2.24) is 0 Å². The fraction of sp³-hybridized carbons (Fsp3) is 0.900. The van der Waals surface area contributed by atoms with Gasteiger partial charge in [-0.3, -0.25) is 0 Å². The molecule has 0 aliphatic rings. The number of rotatable bonds is 6. The number of carbonyl (C=O) groups excluding carboxylic acids is 1. The van der Waals surface area contributed by atoms with Gasteiger partial charge >= 0.3 is 0 Å². The van der Waals surface area contributed by atoms with E-state index >= 15 is 0 Å². The monoisotopic (exact) mass is 236 g/mol. The standard InChI is InChI=1S/C10H20O6/c1-10(2,3)16-5-7(13)9(15)8(14)6(12)4-11/h4,6-9,12-15H,5H2,1-3H3. The van der Waals surface area contributed by atoms with Gasteiger partial charge in [-0.1, -0.05) is 0 Å². The highest BCUT2D eigenvalue weighted by Crippen LogP contribution is 2.10. The van der Waals surface area contributed by atoms with E-state index in [4.69, 9.17) is 9.84 Å². The molecule has 4 atom stereocenters. The van der Waals surface area contributed by atoms with Gasteiger partial charge < -0.3 is 30.0 Å². The average Bonchev–Trinajstić information content (AvgIpc) is 2.21. The zero-order chi connectivity index (χ0) is 12.9. The van der Waals surface area contributed by atoms with E-state index in [0.717, 1.165) is 0 Å². The lowest BCUT2D eigenvalue weighted by Crippen LogP contribution is -2.47. The predicted octanol–water partition coefficient (Wildman–Crippen LogP) is -1.56. The van der Waals surface area contributed by atoms with E-state index in [-0.39, 0.29) is 12.9 Å². The van der Waals surface area contributed by atoms with Gasteiger partial charge in [0.15, 0.2) is 6.29 Å². The molecule has 0 bridgehead atoms. The van der Waals surface area contributed by atoms with Crippen LogP contribution in [0.3, 0.4) is 0 Å². The maximum Gasteiger partial charge on any atom is 0.151 e. The molecular weight excluding hydrogens is 216 g/mol. The summed E-state index contributed by atoms with van der Waals surface area (Å²) in [6.07, 6.45) is -6.37. The second-order valence-electron chi connectivity index (χ2n) is 4.60. The number of hydrogen-bond donors (Lipinski definition) is 4. The average molecular weight is 236 g/mol. The van der Waals surface area contributed by atoms with Crippen molar-refractivity contribution in [3.8, 4) is 0 Å². The van der Waals surface area contributed by atoms with Crippen LogP contribution >= 0.6 is 0 Å². The van der Waals surface area contributed by atoms with Gasteiger partial charge in [-0.15, -0.1) is 0 Å². The Bertz CT molecular complexity index is 212. The lowest BCUT2D eigenvalue weighted by Gasteiger charge is -2.27. The first-order valence-corrected chi connectivity index (χ1v) is 5.00. The van der Waals surface area contributed by atoms with Gasteiger partial charge in [0.25, 0.3) is 0 Å². The summed E-state index contributed by atoms with van der Waals surface area (Å²) in [7, 11) is 0. The summed E-state index contributed by atoms with van der Waals surface area (Å²) in [6.45, 7) is 5.10. The second kappa shape index (κ2) is 6.27. The quantitative estimate of drug-likeness (QED) is 0.416. The lowest BCUT2D eigenvalue weighted by molar-refractivity contribution is -0.145. The zero-order valence-corrected chi connectivity index (χ0v) is 9.70. The molecule has 0 aromatic heterocycles. The fourth-order valence-electron chi connectivity index (χ4n) is 0.944. The topological polar surface area (TPSA) is 107 Å². The summed E-state index contributed by atoms with van der Waals surface area (Å²) < 4.78 is 5.18. The number of hydrogen-bond acceptors (Lipinski definition) is 6. The third kappa shape index (κ3) is 5.53. The van der Waals surface area contributed by atoms with Crippen LogP contribution in [0.4, 0.5) is 0 Å². The second-order valence-corrected chi connectivity index (χ2v) is 4.60. The smallest absolute Gasteiger partial charge is 0.151 e. The summed E-state index contributed by atoms with van der Waals surface area (Å²) in [5.41, 5.74) is -0.491. The van der Waals surface area contributed by atoms with Gasteiger partial charge in [-0.2, -0.15) is 0 Å². The van der Waals surface area contributed by atoms with Crippen LogP contribution in [0, 0.1) is 0 Å². The van der Waals surface area contributed by atoms with Crippen molar-refractivity contribution in [2.24, 2.45) is 0 Å². The van der Waals surface area contributed by atoms with E-state index in [1.54, 1.807) is 20.8 Å². The molecule has 0 fully saturated rings. The Kier molecular flexibility index (Phi) is 6.06. The molecule has 0 saturated heterocycles. The molecule has 0 saturated carbocycles. The van der Waals surface area contributed by atoms with Crippen molar-refractivity contribution in [2.75, 3.05) is 6.61 Å². The Morgan fingerprint density at radius 2 is 1.62 bits per heavy atom. The minimum atomic E-state index is -1.73. The normalized spacial score (nSPS) is 19.9. The molecule has 0 amide bonds. The maximum atomic E-state index is 10.2. The first-order chi connectivity index (χ1) is 7.19. The van der Waals surface area contributed by atoms with Crippen molar-refractivity contribution in [3.63, 3.8) is 0 Å². The molecule has 96 valence electrons. The summed E-state index contributed by atoms with van der Waals surface area (Å²) in [5.74, 6) is 0. The number of aliphatic hydroxyl groups is 4. The van der Waals surface area contributed by atoms with E-state index in [0.29, 0.717) is 0 Å². The van der Waals surface area contributed by atoms with E-state index in [2.05, 4.69) is 0 Å².